The highest BCUT2D eigenvalue weighted by Crippen LogP contribution is 2.59. The van der Waals surface area contributed by atoms with E-state index in [2.05, 4.69) is 10.7 Å². The van der Waals surface area contributed by atoms with Gasteiger partial charge in [0.2, 0.25) is 0 Å². The topological polar surface area (TPSA) is 52.6 Å². The SMILES string of the molecule is C#CCc1cc(C)c(COC(=O)C2C(/C=C/C(=O)OC)C2(C)C)c(C)c1. The molecule has 0 aromatic heterocycles. The minimum atomic E-state index is -0.418. The molecule has 1 fully saturated rings. The summed E-state index contributed by atoms with van der Waals surface area (Å²) in [5.41, 5.74) is 4.02. The van der Waals surface area contributed by atoms with Gasteiger partial charge in [-0.3, -0.25) is 4.79 Å². The number of esters is 2. The Morgan fingerprint density at radius 2 is 1.88 bits per heavy atom. The van der Waals surface area contributed by atoms with Gasteiger partial charge in [-0.1, -0.05) is 32.1 Å². The van der Waals surface area contributed by atoms with E-state index in [9.17, 15) is 9.59 Å². The maximum absolute atomic E-state index is 12.5. The molecule has 2 unspecified atom stereocenters. The van der Waals surface area contributed by atoms with Crippen molar-refractivity contribution in [1.82, 2.24) is 0 Å². The van der Waals surface area contributed by atoms with Crippen LogP contribution in [0.5, 0.6) is 0 Å². The lowest BCUT2D eigenvalue weighted by Gasteiger charge is -2.13. The third-order valence-electron chi connectivity index (χ3n) is 5.23. The van der Waals surface area contributed by atoms with Gasteiger partial charge in [0.1, 0.15) is 6.61 Å². The zero-order valence-electron chi connectivity index (χ0n) is 16.1. The summed E-state index contributed by atoms with van der Waals surface area (Å²) in [6, 6.07) is 4.08. The summed E-state index contributed by atoms with van der Waals surface area (Å²) in [7, 11) is 1.33. The molecule has 1 aromatic carbocycles. The van der Waals surface area contributed by atoms with Crippen LogP contribution in [0.15, 0.2) is 24.3 Å². The van der Waals surface area contributed by atoms with Crippen molar-refractivity contribution in [2.45, 2.75) is 40.7 Å². The Kier molecular flexibility index (Phi) is 5.92. The summed E-state index contributed by atoms with van der Waals surface area (Å²) in [5, 5.41) is 0. The van der Waals surface area contributed by atoms with Crippen molar-refractivity contribution in [3.05, 3.63) is 46.5 Å². The van der Waals surface area contributed by atoms with Crippen LogP contribution in [0.4, 0.5) is 0 Å². The van der Waals surface area contributed by atoms with Crippen LogP contribution < -0.4 is 0 Å². The second-order valence-corrected chi connectivity index (χ2v) is 7.40. The van der Waals surface area contributed by atoms with E-state index in [1.165, 1.54) is 13.2 Å². The Morgan fingerprint density at radius 1 is 1.27 bits per heavy atom. The average Bonchev–Trinajstić information content (AvgIpc) is 3.12. The van der Waals surface area contributed by atoms with Crippen molar-refractivity contribution < 1.29 is 19.1 Å². The lowest BCUT2D eigenvalue weighted by molar-refractivity contribution is -0.147. The molecule has 4 heteroatoms. The van der Waals surface area contributed by atoms with Crippen LogP contribution in [0.3, 0.4) is 0 Å². The van der Waals surface area contributed by atoms with Crippen molar-refractivity contribution >= 4 is 11.9 Å². The average molecular weight is 354 g/mol. The molecular formula is C22H26O4. The van der Waals surface area contributed by atoms with Crippen LogP contribution in [0.1, 0.15) is 36.1 Å². The van der Waals surface area contributed by atoms with E-state index in [1.807, 2.05) is 39.8 Å². The Morgan fingerprint density at radius 3 is 2.42 bits per heavy atom. The Bertz CT molecular complexity index is 757. The van der Waals surface area contributed by atoms with Crippen LogP contribution in [-0.4, -0.2) is 19.0 Å². The molecule has 0 heterocycles. The van der Waals surface area contributed by atoms with E-state index >= 15 is 0 Å². The molecule has 0 bridgehead atoms. The number of aryl methyl sites for hydroxylation is 2. The first-order chi connectivity index (χ1) is 12.2. The van der Waals surface area contributed by atoms with E-state index in [0.717, 1.165) is 22.3 Å². The van der Waals surface area contributed by atoms with Gasteiger partial charge in [-0.2, -0.15) is 0 Å². The number of hydrogen-bond donors (Lipinski definition) is 0. The third-order valence-corrected chi connectivity index (χ3v) is 5.23. The minimum Gasteiger partial charge on any atom is -0.466 e. The van der Waals surface area contributed by atoms with Gasteiger partial charge in [0.25, 0.3) is 0 Å². The largest absolute Gasteiger partial charge is 0.466 e. The molecule has 0 amide bonds. The van der Waals surface area contributed by atoms with Gasteiger partial charge in [0.05, 0.1) is 13.0 Å². The molecule has 4 nitrogen and oxygen atoms in total. The Hall–Kier alpha value is -2.54. The van der Waals surface area contributed by atoms with E-state index in [1.54, 1.807) is 6.08 Å². The molecule has 138 valence electrons. The fourth-order valence-electron chi connectivity index (χ4n) is 3.50. The van der Waals surface area contributed by atoms with Gasteiger partial charge >= 0.3 is 11.9 Å². The lowest BCUT2D eigenvalue weighted by Crippen LogP contribution is -2.12. The predicted molar refractivity (Wildman–Crippen MR) is 100 cm³/mol. The number of allylic oxidation sites excluding steroid dienone is 1. The molecule has 0 spiro atoms. The molecule has 0 aliphatic heterocycles. The number of ether oxygens (including phenoxy) is 2. The number of benzene rings is 1. The molecule has 0 N–H and O–H groups in total. The highest BCUT2D eigenvalue weighted by atomic mass is 16.5. The molecule has 0 radical (unpaired) electrons. The fraction of sp³-hybridized carbons (Fsp3) is 0.455. The Labute approximate surface area is 155 Å². The first-order valence-corrected chi connectivity index (χ1v) is 8.67. The molecular weight excluding hydrogens is 328 g/mol. The summed E-state index contributed by atoms with van der Waals surface area (Å²) in [5.74, 6) is 1.73. The normalized spacial score (nSPS) is 20.5. The van der Waals surface area contributed by atoms with Crippen molar-refractivity contribution in [3.8, 4) is 12.3 Å². The van der Waals surface area contributed by atoms with Gasteiger partial charge in [0, 0.05) is 12.5 Å². The van der Waals surface area contributed by atoms with Gasteiger partial charge in [-0.15, -0.1) is 12.3 Å². The summed E-state index contributed by atoms with van der Waals surface area (Å²) in [6.07, 6.45) is 9.08. The molecule has 26 heavy (non-hydrogen) atoms. The van der Waals surface area contributed by atoms with Crippen molar-refractivity contribution in [2.24, 2.45) is 17.3 Å². The standard InChI is InChI=1S/C22H26O4/c1-7-8-16-11-14(2)17(15(3)12-16)13-26-21(24)20-18(22(20,4)5)9-10-19(23)25-6/h1,9-12,18,20H,8,13H2,2-6H3/b10-9+. The molecule has 1 aromatic rings. The van der Waals surface area contributed by atoms with Crippen molar-refractivity contribution in [3.63, 3.8) is 0 Å². The number of hydrogen-bond acceptors (Lipinski definition) is 4. The molecule has 1 saturated carbocycles. The number of carbonyl (C=O) groups is 2. The predicted octanol–water partition coefficient (Wildman–Crippen LogP) is 3.52. The summed E-state index contributed by atoms with van der Waals surface area (Å²) >= 11 is 0. The summed E-state index contributed by atoms with van der Waals surface area (Å²) in [4.78, 5) is 23.8. The van der Waals surface area contributed by atoms with Crippen molar-refractivity contribution in [2.75, 3.05) is 7.11 Å². The number of carbonyl (C=O) groups excluding carboxylic acids is 2. The zero-order chi connectivity index (χ0) is 19.5. The van der Waals surface area contributed by atoms with Gasteiger partial charge in [-0.05, 0) is 47.4 Å². The number of methoxy groups -OCH3 is 1. The fourth-order valence-corrected chi connectivity index (χ4v) is 3.50. The smallest absolute Gasteiger partial charge is 0.330 e. The Balaban J connectivity index is 2.02. The number of terminal acetylenes is 1. The van der Waals surface area contributed by atoms with Gasteiger partial charge in [0.15, 0.2) is 0 Å². The summed E-state index contributed by atoms with van der Waals surface area (Å²) in [6.45, 7) is 8.23. The quantitative estimate of drug-likeness (QED) is 0.446. The van der Waals surface area contributed by atoms with Crippen molar-refractivity contribution in [1.29, 1.82) is 0 Å². The van der Waals surface area contributed by atoms with E-state index < -0.39 is 5.97 Å². The highest BCUT2D eigenvalue weighted by Gasteiger charge is 2.61. The maximum atomic E-state index is 12.5. The lowest BCUT2D eigenvalue weighted by atomic mass is 9.98. The van der Waals surface area contributed by atoms with Crippen LogP contribution in [0, 0.1) is 43.4 Å². The van der Waals surface area contributed by atoms with E-state index in [4.69, 9.17) is 11.2 Å². The van der Waals surface area contributed by atoms with E-state index in [-0.39, 0.29) is 29.8 Å². The first-order valence-electron chi connectivity index (χ1n) is 8.67. The van der Waals surface area contributed by atoms with Gasteiger partial charge in [-0.25, -0.2) is 4.79 Å². The van der Waals surface area contributed by atoms with Crippen LogP contribution in [0.25, 0.3) is 0 Å². The monoisotopic (exact) mass is 354 g/mol. The third kappa shape index (κ3) is 4.16. The molecule has 1 aliphatic rings. The molecule has 1 aliphatic carbocycles. The molecule has 0 saturated heterocycles. The molecule has 2 rings (SSSR count). The van der Waals surface area contributed by atoms with Gasteiger partial charge < -0.3 is 9.47 Å². The number of rotatable bonds is 6. The van der Waals surface area contributed by atoms with Crippen LogP contribution in [-0.2, 0) is 32.1 Å². The second-order valence-electron chi connectivity index (χ2n) is 7.40. The van der Waals surface area contributed by atoms with Crippen LogP contribution >= 0.6 is 0 Å². The first kappa shape index (κ1) is 19.8. The van der Waals surface area contributed by atoms with E-state index in [0.29, 0.717) is 6.42 Å². The minimum absolute atomic E-state index is 0.0192. The second kappa shape index (κ2) is 7.78. The maximum Gasteiger partial charge on any atom is 0.330 e. The molecule has 2 atom stereocenters. The van der Waals surface area contributed by atoms with Crippen LogP contribution in [0.2, 0.25) is 0 Å². The summed E-state index contributed by atoms with van der Waals surface area (Å²) < 4.78 is 10.2. The zero-order valence-corrected chi connectivity index (χ0v) is 16.1. The highest BCUT2D eigenvalue weighted by molar-refractivity contribution is 5.83.